The first-order valence-electron chi connectivity index (χ1n) is 6.44. The zero-order valence-corrected chi connectivity index (χ0v) is 11.6. The van der Waals surface area contributed by atoms with Crippen LogP contribution in [0.4, 0.5) is 5.69 Å². The molecule has 3 nitrogen and oxygen atoms in total. The van der Waals surface area contributed by atoms with E-state index in [0.29, 0.717) is 12.0 Å². The monoisotopic (exact) mass is 264 g/mol. The Labute approximate surface area is 118 Å². The summed E-state index contributed by atoms with van der Waals surface area (Å²) in [6.45, 7) is 4.01. The number of carbonyl (C=O) groups is 1. The summed E-state index contributed by atoms with van der Waals surface area (Å²) in [6, 6.07) is 15.1. The summed E-state index contributed by atoms with van der Waals surface area (Å²) >= 11 is 0. The molecule has 0 spiro atoms. The maximum atomic E-state index is 12.0. The summed E-state index contributed by atoms with van der Waals surface area (Å²) < 4.78 is 0. The van der Waals surface area contributed by atoms with Crippen molar-refractivity contribution in [3.05, 3.63) is 64.7 Å². The first kappa shape index (κ1) is 13.8. The van der Waals surface area contributed by atoms with Crippen LogP contribution in [0.25, 0.3) is 0 Å². The van der Waals surface area contributed by atoms with Gasteiger partial charge in [0.05, 0.1) is 18.1 Å². The third-order valence-electron chi connectivity index (χ3n) is 2.95. The maximum Gasteiger partial charge on any atom is 0.228 e. The summed E-state index contributed by atoms with van der Waals surface area (Å²) in [6.07, 6.45) is 0.304. The molecule has 0 atom stereocenters. The molecule has 2 aromatic carbocycles. The van der Waals surface area contributed by atoms with Crippen molar-refractivity contribution in [3.8, 4) is 6.07 Å². The van der Waals surface area contributed by atoms with Crippen molar-refractivity contribution < 1.29 is 4.79 Å². The number of rotatable bonds is 3. The van der Waals surface area contributed by atoms with E-state index in [1.165, 1.54) is 0 Å². The largest absolute Gasteiger partial charge is 0.326 e. The highest BCUT2D eigenvalue weighted by Crippen LogP contribution is 2.14. The average molecular weight is 264 g/mol. The molecule has 0 saturated carbocycles. The van der Waals surface area contributed by atoms with E-state index in [4.69, 9.17) is 5.26 Å². The Morgan fingerprint density at radius 2 is 1.70 bits per heavy atom. The number of hydrogen-bond donors (Lipinski definition) is 1. The predicted octanol–water partition coefficient (Wildman–Crippen LogP) is 3.36. The molecule has 100 valence electrons. The van der Waals surface area contributed by atoms with Crippen molar-refractivity contribution in [2.24, 2.45) is 0 Å². The molecule has 0 heterocycles. The van der Waals surface area contributed by atoms with Gasteiger partial charge in [-0.2, -0.15) is 5.26 Å². The molecule has 2 aromatic rings. The fourth-order valence-electron chi connectivity index (χ4n) is 2.13. The van der Waals surface area contributed by atoms with E-state index < -0.39 is 0 Å². The van der Waals surface area contributed by atoms with Crippen molar-refractivity contribution in [1.29, 1.82) is 5.26 Å². The van der Waals surface area contributed by atoms with Gasteiger partial charge in [-0.3, -0.25) is 4.79 Å². The zero-order valence-electron chi connectivity index (χ0n) is 11.6. The van der Waals surface area contributed by atoms with Gasteiger partial charge in [-0.25, -0.2) is 0 Å². The van der Waals surface area contributed by atoms with Gasteiger partial charge < -0.3 is 5.32 Å². The lowest BCUT2D eigenvalue weighted by Crippen LogP contribution is -2.14. The van der Waals surface area contributed by atoms with Crippen LogP contribution >= 0.6 is 0 Å². The molecule has 0 fully saturated rings. The Bertz CT molecular complexity index is 646. The summed E-state index contributed by atoms with van der Waals surface area (Å²) in [5.74, 6) is -0.0558. The van der Waals surface area contributed by atoms with Crippen molar-refractivity contribution in [3.63, 3.8) is 0 Å². The molecule has 3 heteroatoms. The lowest BCUT2D eigenvalue weighted by atomic mass is 10.1. The van der Waals surface area contributed by atoms with E-state index in [1.807, 2.05) is 26.0 Å². The van der Waals surface area contributed by atoms with Gasteiger partial charge in [0, 0.05) is 5.69 Å². The van der Waals surface area contributed by atoms with E-state index in [-0.39, 0.29) is 5.91 Å². The van der Waals surface area contributed by atoms with Crippen molar-refractivity contribution in [2.45, 2.75) is 20.3 Å². The normalized spacial score (nSPS) is 9.85. The van der Waals surface area contributed by atoms with E-state index in [9.17, 15) is 4.79 Å². The van der Waals surface area contributed by atoms with Crippen LogP contribution in [0.2, 0.25) is 0 Å². The number of amides is 1. The molecule has 20 heavy (non-hydrogen) atoms. The van der Waals surface area contributed by atoms with Crippen LogP contribution in [0.3, 0.4) is 0 Å². The summed E-state index contributed by atoms with van der Waals surface area (Å²) in [4.78, 5) is 12.0. The van der Waals surface area contributed by atoms with E-state index >= 15 is 0 Å². The molecule has 0 radical (unpaired) electrons. The molecule has 0 aliphatic carbocycles. The summed E-state index contributed by atoms with van der Waals surface area (Å²) in [7, 11) is 0. The van der Waals surface area contributed by atoms with Gasteiger partial charge >= 0.3 is 0 Å². The highest BCUT2D eigenvalue weighted by Gasteiger charge is 2.05. The Balaban J connectivity index is 2.03. The number of nitrogens with zero attached hydrogens (tertiary/aromatic N) is 1. The molecular weight excluding hydrogens is 248 g/mol. The molecule has 0 bridgehead atoms. The Morgan fingerprint density at radius 3 is 2.25 bits per heavy atom. The number of anilines is 1. The van der Waals surface area contributed by atoms with Gasteiger partial charge in [0.15, 0.2) is 0 Å². The quantitative estimate of drug-likeness (QED) is 0.924. The standard InChI is InChI=1S/C17H16N2O/c1-12-7-13(2)9-16(8-12)19-17(20)10-14-3-5-15(11-18)6-4-14/h3-9H,10H2,1-2H3,(H,19,20). The van der Waals surface area contributed by atoms with Crippen LogP contribution in [0.15, 0.2) is 42.5 Å². The first-order chi connectivity index (χ1) is 9.56. The minimum atomic E-state index is -0.0558. The summed E-state index contributed by atoms with van der Waals surface area (Å²) in [5, 5.41) is 11.6. The second-order valence-electron chi connectivity index (χ2n) is 4.91. The molecular formula is C17H16N2O. The van der Waals surface area contributed by atoms with Crippen LogP contribution in [-0.4, -0.2) is 5.91 Å². The molecule has 0 aliphatic heterocycles. The highest BCUT2D eigenvalue weighted by molar-refractivity contribution is 5.92. The van der Waals surface area contributed by atoms with Crippen molar-refractivity contribution in [2.75, 3.05) is 5.32 Å². The van der Waals surface area contributed by atoms with E-state index in [2.05, 4.69) is 17.5 Å². The Morgan fingerprint density at radius 1 is 1.10 bits per heavy atom. The van der Waals surface area contributed by atoms with Crippen molar-refractivity contribution >= 4 is 11.6 Å². The Hall–Kier alpha value is -2.60. The highest BCUT2D eigenvalue weighted by atomic mass is 16.1. The van der Waals surface area contributed by atoms with Gasteiger partial charge in [-0.1, -0.05) is 18.2 Å². The predicted molar refractivity (Wildman–Crippen MR) is 79.4 cm³/mol. The maximum absolute atomic E-state index is 12.0. The lowest BCUT2D eigenvalue weighted by molar-refractivity contribution is -0.115. The fourth-order valence-corrected chi connectivity index (χ4v) is 2.13. The number of carbonyl (C=O) groups excluding carboxylic acids is 1. The van der Waals surface area contributed by atoms with Crippen LogP contribution in [0.1, 0.15) is 22.3 Å². The number of hydrogen-bond acceptors (Lipinski definition) is 2. The molecule has 0 aliphatic rings. The van der Waals surface area contributed by atoms with E-state index in [1.54, 1.807) is 24.3 Å². The van der Waals surface area contributed by atoms with Gasteiger partial charge in [-0.05, 0) is 54.8 Å². The van der Waals surface area contributed by atoms with E-state index in [0.717, 1.165) is 22.4 Å². The second kappa shape index (κ2) is 6.03. The minimum Gasteiger partial charge on any atom is -0.326 e. The SMILES string of the molecule is Cc1cc(C)cc(NC(=O)Cc2ccc(C#N)cc2)c1. The summed E-state index contributed by atoms with van der Waals surface area (Å²) in [5.41, 5.74) is 4.56. The smallest absolute Gasteiger partial charge is 0.228 e. The molecule has 0 aromatic heterocycles. The number of nitriles is 1. The first-order valence-corrected chi connectivity index (χ1v) is 6.44. The topological polar surface area (TPSA) is 52.9 Å². The molecule has 0 saturated heterocycles. The Kier molecular flexibility index (Phi) is 4.17. The van der Waals surface area contributed by atoms with Crippen LogP contribution in [0, 0.1) is 25.2 Å². The minimum absolute atomic E-state index is 0.0558. The zero-order chi connectivity index (χ0) is 14.5. The fraction of sp³-hybridized carbons (Fsp3) is 0.176. The molecule has 2 rings (SSSR count). The van der Waals surface area contributed by atoms with Gasteiger partial charge in [0.2, 0.25) is 5.91 Å². The second-order valence-corrected chi connectivity index (χ2v) is 4.91. The van der Waals surface area contributed by atoms with Crippen LogP contribution < -0.4 is 5.32 Å². The molecule has 0 unspecified atom stereocenters. The molecule has 1 N–H and O–H groups in total. The van der Waals surface area contributed by atoms with Crippen LogP contribution in [0.5, 0.6) is 0 Å². The number of benzene rings is 2. The number of aryl methyl sites for hydroxylation is 2. The average Bonchev–Trinajstić information content (AvgIpc) is 2.38. The number of nitrogens with one attached hydrogen (secondary N) is 1. The van der Waals surface area contributed by atoms with Gasteiger partial charge in [-0.15, -0.1) is 0 Å². The molecule has 1 amide bonds. The lowest BCUT2D eigenvalue weighted by Gasteiger charge is -2.07. The van der Waals surface area contributed by atoms with Crippen molar-refractivity contribution in [1.82, 2.24) is 0 Å². The van der Waals surface area contributed by atoms with Crippen LogP contribution in [-0.2, 0) is 11.2 Å². The van der Waals surface area contributed by atoms with Gasteiger partial charge in [0.25, 0.3) is 0 Å². The third-order valence-corrected chi connectivity index (χ3v) is 2.95. The van der Waals surface area contributed by atoms with Gasteiger partial charge in [0.1, 0.15) is 0 Å². The third kappa shape index (κ3) is 3.69.